The number of aromatic nitrogens is 1. The van der Waals surface area contributed by atoms with Crippen molar-refractivity contribution in [3.63, 3.8) is 0 Å². The third kappa shape index (κ3) is 4.63. The first-order chi connectivity index (χ1) is 13.9. The maximum Gasteiger partial charge on any atom is 0.281 e. The predicted molar refractivity (Wildman–Crippen MR) is 117 cm³/mol. The standard InChI is InChI=1S/C22H30N4O2S/c1-17-7-9-20(10-8-17)24-21-14-18(2)23-22(15-21)19-6-5-13-26(16-19)29(27,28)25-11-3-4-12-25/h7-10,14-15,19H,3-6,11-13,16H2,1-2H3,(H,23,24)/t19-/m1/s1. The SMILES string of the molecule is Cc1ccc(Nc2cc(C)nc([C@@H]3CCCN(S(=O)(=O)N4CCCC4)C3)c2)cc1. The van der Waals surface area contributed by atoms with E-state index in [1.165, 1.54) is 5.56 Å². The first-order valence-electron chi connectivity index (χ1n) is 10.5. The second kappa shape index (κ2) is 8.42. The van der Waals surface area contributed by atoms with Crippen LogP contribution in [0.15, 0.2) is 36.4 Å². The van der Waals surface area contributed by atoms with Crippen molar-refractivity contribution in [1.82, 2.24) is 13.6 Å². The molecule has 29 heavy (non-hydrogen) atoms. The predicted octanol–water partition coefficient (Wildman–Crippen LogP) is 3.96. The number of nitrogens with one attached hydrogen (secondary N) is 1. The van der Waals surface area contributed by atoms with E-state index in [2.05, 4.69) is 42.6 Å². The Bertz CT molecular complexity index is 953. The summed E-state index contributed by atoms with van der Waals surface area (Å²) in [4.78, 5) is 4.75. The van der Waals surface area contributed by atoms with Gasteiger partial charge in [-0.3, -0.25) is 4.98 Å². The van der Waals surface area contributed by atoms with Crippen LogP contribution in [0, 0.1) is 13.8 Å². The van der Waals surface area contributed by atoms with Crippen molar-refractivity contribution < 1.29 is 8.42 Å². The first kappa shape index (κ1) is 20.3. The largest absolute Gasteiger partial charge is 0.355 e. The van der Waals surface area contributed by atoms with Gasteiger partial charge in [-0.2, -0.15) is 17.0 Å². The van der Waals surface area contributed by atoms with Crippen molar-refractivity contribution in [2.75, 3.05) is 31.5 Å². The summed E-state index contributed by atoms with van der Waals surface area (Å²) in [5.41, 5.74) is 5.17. The summed E-state index contributed by atoms with van der Waals surface area (Å²) < 4.78 is 29.3. The van der Waals surface area contributed by atoms with Crippen LogP contribution in [0.2, 0.25) is 0 Å². The first-order valence-corrected chi connectivity index (χ1v) is 11.9. The molecular weight excluding hydrogens is 384 g/mol. The number of hydrogen-bond acceptors (Lipinski definition) is 4. The Kier molecular flexibility index (Phi) is 5.90. The molecule has 2 aliphatic heterocycles. The van der Waals surface area contributed by atoms with E-state index in [0.717, 1.165) is 48.4 Å². The highest BCUT2D eigenvalue weighted by atomic mass is 32.2. The molecule has 0 saturated carbocycles. The molecule has 6 nitrogen and oxygen atoms in total. The Morgan fingerprint density at radius 2 is 1.62 bits per heavy atom. The van der Waals surface area contributed by atoms with Crippen LogP contribution in [0.4, 0.5) is 11.4 Å². The molecule has 4 rings (SSSR count). The average Bonchev–Trinajstić information content (AvgIpc) is 3.25. The Balaban J connectivity index is 1.52. The van der Waals surface area contributed by atoms with E-state index in [1.54, 1.807) is 8.61 Å². The number of piperidine rings is 1. The molecular formula is C22H30N4O2S. The average molecular weight is 415 g/mol. The molecule has 7 heteroatoms. The van der Waals surface area contributed by atoms with E-state index in [0.29, 0.717) is 26.2 Å². The molecule has 0 spiro atoms. The van der Waals surface area contributed by atoms with Crippen molar-refractivity contribution in [1.29, 1.82) is 0 Å². The molecule has 0 unspecified atom stereocenters. The van der Waals surface area contributed by atoms with Crippen molar-refractivity contribution >= 4 is 21.6 Å². The van der Waals surface area contributed by atoms with Crippen LogP contribution >= 0.6 is 0 Å². The summed E-state index contributed by atoms with van der Waals surface area (Å²) in [5, 5.41) is 3.46. The molecule has 156 valence electrons. The summed E-state index contributed by atoms with van der Waals surface area (Å²) in [5.74, 6) is 0.125. The van der Waals surface area contributed by atoms with E-state index < -0.39 is 10.2 Å². The fourth-order valence-corrected chi connectivity index (χ4v) is 6.03. The Morgan fingerprint density at radius 1 is 0.931 bits per heavy atom. The maximum absolute atomic E-state index is 13.0. The molecule has 1 N–H and O–H groups in total. The Hall–Kier alpha value is -1.96. The van der Waals surface area contributed by atoms with Gasteiger partial charge in [0.25, 0.3) is 10.2 Å². The molecule has 2 aromatic rings. The topological polar surface area (TPSA) is 65.5 Å². The number of anilines is 2. The minimum Gasteiger partial charge on any atom is -0.355 e. The number of benzene rings is 1. The van der Waals surface area contributed by atoms with Gasteiger partial charge in [-0.1, -0.05) is 17.7 Å². The van der Waals surface area contributed by atoms with Crippen LogP contribution in [0.5, 0.6) is 0 Å². The Labute approximate surface area is 174 Å². The zero-order valence-electron chi connectivity index (χ0n) is 17.3. The van der Waals surface area contributed by atoms with E-state index in [1.807, 2.05) is 13.0 Å². The molecule has 2 aliphatic rings. The van der Waals surface area contributed by atoms with Gasteiger partial charge in [0, 0.05) is 54.9 Å². The monoisotopic (exact) mass is 414 g/mol. The van der Waals surface area contributed by atoms with E-state index in [4.69, 9.17) is 4.98 Å². The van der Waals surface area contributed by atoms with E-state index in [9.17, 15) is 8.42 Å². The highest BCUT2D eigenvalue weighted by molar-refractivity contribution is 7.86. The van der Waals surface area contributed by atoms with Gasteiger partial charge in [0.15, 0.2) is 0 Å². The minimum absolute atomic E-state index is 0.125. The van der Waals surface area contributed by atoms with E-state index >= 15 is 0 Å². The molecule has 2 saturated heterocycles. The molecule has 2 fully saturated rings. The minimum atomic E-state index is -3.35. The molecule has 1 aromatic heterocycles. The zero-order chi connectivity index (χ0) is 20.4. The lowest BCUT2D eigenvalue weighted by Gasteiger charge is -2.34. The van der Waals surface area contributed by atoms with Gasteiger partial charge in [0.05, 0.1) is 0 Å². The third-order valence-electron chi connectivity index (χ3n) is 5.83. The van der Waals surface area contributed by atoms with Crippen LogP contribution in [0.1, 0.15) is 48.6 Å². The highest BCUT2D eigenvalue weighted by Gasteiger charge is 2.35. The maximum atomic E-state index is 13.0. The summed E-state index contributed by atoms with van der Waals surface area (Å²) in [6, 6.07) is 12.4. The van der Waals surface area contributed by atoms with Crippen LogP contribution in [-0.2, 0) is 10.2 Å². The van der Waals surface area contributed by atoms with Crippen molar-refractivity contribution in [2.45, 2.75) is 45.4 Å². The van der Waals surface area contributed by atoms with Gasteiger partial charge in [0.2, 0.25) is 0 Å². The van der Waals surface area contributed by atoms with Gasteiger partial charge in [-0.15, -0.1) is 0 Å². The molecule has 0 amide bonds. The number of nitrogens with zero attached hydrogens (tertiary/aromatic N) is 3. The van der Waals surface area contributed by atoms with Crippen LogP contribution < -0.4 is 5.32 Å². The molecule has 1 aromatic carbocycles. The number of hydrogen-bond donors (Lipinski definition) is 1. The summed E-state index contributed by atoms with van der Waals surface area (Å²) in [6.07, 6.45) is 3.76. The molecule has 3 heterocycles. The van der Waals surface area contributed by atoms with Crippen LogP contribution in [0.3, 0.4) is 0 Å². The fraction of sp³-hybridized carbons (Fsp3) is 0.500. The van der Waals surface area contributed by atoms with Gasteiger partial charge < -0.3 is 5.32 Å². The molecule has 1 atom stereocenters. The fourth-order valence-electron chi connectivity index (χ4n) is 4.25. The van der Waals surface area contributed by atoms with Crippen molar-refractivity contribution in [3.8, 4) is 0 Å². The lowest BCUT2D eigenvalue weighted by atomic mass is 9.95. The van der Waals surface area contributed by atoms with Gasteiger partial charge in [0.1, 0.15) is 0 Å². The molecule has 0 aliphatic carbocycles. The second-order valence-electron chi connectivity index (χ2n) is 8.22. The van der Waals surface area contributed by atoms with Crippen LogP contribution in [0.25, 0.3) is 0 Å². The van der Waals surface area contributed by atoms with Crippen molar-refractivity contribution in [2.24, 2.45) is 0 Å². The number of pyridine rings is 1. The number of aryl methyl sites for hydroxylation is 2. The lowest BCUT2D eigenvalue weighted by Crippen LogP contribution is -2.46. The summed E-state index contributed by atoms with van der Waals surface area (Å²) >= 11 is 0. The quantitative estimate of drug-likeness (QED) is 0.804. The van der Waals surface area contributed by atoms with E-state index in [-0.39, 0.29) is 5.92 Å². The smallest absolute Gasteiger partial charge is 0.281 e. The van der Waals surface area contributed by atoms with Crippen molar-refractivity contribution in [3.05, 3.63) is 53.3 Å². The Morgan fingerprint density at radius 3 is 2.34 bits per heavy atom. The second-order valence-corrected chi connectivity index (χ2v) is 10.2. The highest BCUT2D eigenvalue weighted by Crippen LogP contribution is 2.31. The lowest BCUT2D eigenvalue weighted by molar-refractivity contribution is 0.290. The summed E-state index contributed by atoms with van der Waals surface area (Å²) in [6.45, 7) is 6.48. The van der Waals surface area contributed by atoms with Gasteiger partial charge >= 0.3 is 0 Å². The zero-order valence-corrected chi connectivity index (χ0v) is 18.1. The third-order valence-corrected chi connectivity index (χ3v) is 7.84. The normalized spacial score (nSPS) is 21.4. The number of rotatable bonds is 5. The van der Waals surface area contributed by atoms with Gasteiger partial charge in [-0.25, -0.2) is 0 Å². The van der Waals surface area contributed by atoms with Crippen LogP contribution in [-0.4, -0.2) is 48.2 Å². The summed E-state index contributed by atoms with van der Waals surface area (Å²) in [7, 11) is -3.35. The van der Waals surface area contributed by atoms with Gasteiger partial charge in [-0.05, 0) is 63.8 Å². The molecule has 0 bridgehead atoms. The molecule has 0 radical (unpaired) electrons.